The van der Waals surface area contributed by atoms with E-state index in [9.17, 15) is 13.5 Å². The number of hydrogen-bond acceptors (Lipinski definition) is 4. The van der Waals surface area contributed by atoms with Crippen molar-refractivity contribution >= 4 is 10.1 Å². The van der Waals surface area contributed by atoms with Gasteiger partial charge in [0.1, 0.15) is 5.37 Å². The van der Waals surface area contributed by atoms with Crippen LogP contribution < -0.4 is 5.32 Å². The Kier molecular flexibility index (Phi) is 5.46. The van der Waals surface area contributed by atoms with Crippen molar-refractivity contribution in [2.45, 2.75) is 38.2 Å². The minimum Gasteiger partial charge on any atom is -0.392 e. The Balaban J connectivity index is 3.77. The number of nitrogens with one attached hydrogen (secondary N) is 1. The zero-order valence-corrected chi connectivity index (χ0v) is 8.71. The summed E-state index contributed by atoms with van der Waals surface area (Å²) < 4.78 is 29.6. The van der Waals surface area contributed by atoms with Gasteiger partial charge in [-0.25, -0.2) is 0 Å². The van der Waals surface area contributed by atoms with Gasteiger partial charge in [-0.05, 0) is 13.3 Å². The van der Waals surface area contributed by atoms with Gasteiger partial charge >= 0.3 is 0 Å². The fourth-order valence-corrected chi connectivity index (χ4v) is 1.15. The minimum absolute atomic E-state index is 0.175. The third kappa shape index (κ3) is 5.98. The molecule has 2 unspecified atom stereocenters. The molecule has 13 heavy (non-hydrogen) atoms. The highest BCUT2D eigenvalue weighted by molar-refractivity contribution is 7.86. The number of aliphatic hydroxyl groups excluding tert-OH is 1. The topological polar surface area (TPSA) is 86.6 Å². The van der Waals surface area contributed by atoms with Gasteiger partial charge in [0.15, 0.2) is 0 Å². The summed E-state index contributed by atoms with van der Waals surface area (Å²) in [5.41, 5.74) is 0. The molecule has 6 heteroatoms. The SMILES string of the molecule is CCCC(O)CNC(C)S(=O)(=O)O. The van der Waals surface area contributed by atoms with Crippen LogP contribution in [-0.2, 0) is 10.1 Å². The van der Waals surface area contributed by atoms with Crippen molar-refractivity contribution in [3.05, 3.63) is 0 Å². The Hall–Kier alpha value is -0.170. The summed E-state index contributed by atoms with van der Waals surface area (Å²) >= 11 is 0. The highest BCUT2D eigenvalue weighted by Gasteiger charge is 2.17. The smallest absolute Gasteiger partial charge is 0.280 e. The summed E-state index contributed by atoms with van der Waals surface area (Å²) in [6, 6.07) is 0. The number of rotatable bonds is 6. The number of aliphatic hydroxyl groups is 1. The van der Waals surface area contributed by atoms with Crippen molar-refractivity contribution in [3.63, 3.8) is 0 Å². The molecule has 0 aromatic rings. The molecule has 0 bridgehead atoms. The van der Waals surface area contributed by atoms with Crippen molar-refractivity contribution < 1.29 is 18.1 Å². The van der Waals surface area contributed by atoms with Gasteiger partial charge in [-0.2, -0.15) is 8.42 Å². The van der Waals surface area contributed by atoms with E-state index in [1.807, 2.05) is 6.92 Å². The van der Waals surface area contributed by atoms with Gasteiger partial charge < -0.3 is 5.11 Å². The van der Waals surface area contributed by atoms with Crippen LogP contribution >= 0.6 is 0 Å². The second kappa shape index (κ2) is 5.54. The first-order valence-corrected chi connectivity index (χ1v) is 5.76. The highest BCUT2D eigenvalue weighted by atomic mass is 32.2. The molecule has 0 aromatic carbocycles. The molecular formula is C7H17NO4S. The van der Waals surface area contributed by atoms with Crippen molar-refractivity contribution in [2.24, 2.45) is 0 Å². The zero-order chi connectivity index (χ0) is 10.5. The van der Waals surface area contributed by atoms with Crippen LogP contribution in [0.3, 0.4) is 0 Å². The maximum Gasteiger partial charge on any atom is 0.280 e. The fraction of sp³-hybridized carbons (Fsp3) is 1.00. The average molecular weight is 211 g/mol. The van der Waals surface area contributed by atoms with E-state index >= 15 is 0 Å². The lowest BCUT2D eigenvalue weighted by molar-refractivity contribution is 0.160. The van der Waals surface area contributed by atoms with Crippen LogP contribution in [0.1, 0.15) is 26.7 Å². The Labute approximate surface area is 78.9 Å². The van der Waals surface area contributed by atoms with E-state index in [2.05, 4.69) is 5.32 Å². The van der Waals surface area contributed by atoms with Crippen LogP contribution in [0.2, 0.25) is 0 Å². The van der Waals surface area contributed by atoms with Crippen molar-refractivity contribution in [1.82, 2.24) is 5.32 Å². The normalized spacial score (nSPS) is 16.9. The van der Waals surface area contributed by atoms with Crippen LogP contribution in [0.25, 0.3) is 0 Å². The summed E-state index contributed by atoms with van der Waals surface area (Å²) in [7, 11) is -4.04. The van der Waals surface area contributed by atoms with Crippen LogP contribution in [-0.4, -0.2) is 36.1 Å². The standard InChI is InChI=1S/C7H17NO4S/c1-3-4-7(9)5-8-6(2)13(10,11)12/h6-9H,3-5H2,1-2H3,(H,10,11,12). The van der Waals surface area contributed by atoms with Gasteiger partial charge in [0, 0.05) is 6.54 Å². The molecule has 0 rings (SSSR count). The van der Waals surface area contributed by atoms with Crippen LogP contribution in [0.15, 0.2) is 0 Å². The lowest BCUT2D eigenvalue weighted by atomic mass is 10.2. The lowest BCUT2D eigenvalue weighted by Crippen LogP contribution is -2.38. The lowest BCUT2D eigenvalue weighted by Gasteiger charge is -2.14. The molecule has 0 amide bonds. The molecule has 0 fully saturated rings. The molecule has 0 aliphatic rings. The highest BCUT2D eigenvalue weighted by Crippen LogP contribution is 1.97. The van der Waals surface area contributed by atoms with Crippen LogP contribution in [0.4, 0.5) is 0 Å². The number of hydrogen-bond donors (Lipinski definition) is 3. The van der Waals surface area contributed by atoms with E-state index in [0.29, 0.717) is 6.42 Å². The maximum atomic E-state index is 10.5. The van der Waals surface area contributed by atoms with Crippen LogP contribution in [0, 0.1) is 0 Å². The fourth-order valence-electron chi connectivity index (χ4n) is 0.843. The molecule has 3 N–H and O–H groups in total. The second-order valence-corrected chi connectivity index (χ2v) is 4.74. The van der Waals surface area contributed by atoms with Gasteiger partial charge in [-0.3, -0.25) is 9.87 Å². The van der Waals surface area contributed by atoms with Crippen molar-refractivity contribution in [1.29, 1.82) is 0 Å². The molecule has 0 heterocycles. The molecule has 0 saturated heterocycles. The summed E-state index contributed by atoms with van der Waals surface area (Å²) in [5, 5.41) is 10.7. The molecule has 0 radical (unpaired) electrons. The van der Waals surface area contributed by atoms with E-state index in [4.69, 9.17) is 4.55 Å². The maximum absolute atomic E-state index is 10.5. The molecule has 2 atom stereocenters. The minimum atomic E-state index is -4.04. The predicted octanol–water partition coefficient (Wildman–Crippen LogP) is -0.0292. The summed E-state index contributed by atoms with van der Waals surface area (Å²) in [6.45, 7) is 3.43. The monoisotopic (exact) mass is 211 g/mol. The summed E-state index contributed by atoms with van der Waals surface area (Å²) in [4.78, 5) is 0. The van der Waals surface area contributed by atoms with Crippen molar-refractivity contribution in [3.8, 4) is 0 Å². The van der Waals surface area contributed by atoms with E-state index < -0.39 is 21.6 Å². The Morgan fingerprint density at radius 2 is 2.00 bits per heavy atom. The van der Waals surface area contributed by atoms with Crippen LogP contribution in [0.5, 0.6) is 0 Å². The Morgan fingerprint density at radius 1 is 1.46 bits per heavy atom. The van der Waals surface area contributed by atoms with Gasteiger partial charge in [-0.15, -0.1) is 0 Å². The second-order valence-electron chi connectivity index (χ2n) is 3.01. The molecule has 0 spiro atoms. The largest absolute Gasteiger partial charge is 0.392 e. The Morgan fingerprint density at radius 3 is 2.38 bits per heavy atom. The predicted molar refractivity (Wildman–Crippen MR) is 49.9 cm³/mol. The summed E-state index contributed by atoms with van der Waals surface area (Å²) in [6.07, 6.45) is 0.892. The third-order valence-corrected chi connectivity index (χ3v) is 2.77. The van der Waals surface area contributed by atoms with Gasteiger partial charge in [0.05, 0.1) is 6.10 Å². The molecule has 0 aromatic heterocycles. The quantitative estimate of drug-likeness (QED) is 0.537. The zero-order valence-electron chi connectivity index (χ0n) is 7.90. The molecule has 0 saturated carbocycles. The first kappa shape index (κ1) is 12.8. The van der Waals surface area contributed by atoms with E-state index in [-0.39, 0.29) is 6.54 Å². The van der Waals surface area contributed by atoms with E-state index in [1.54, 1.807) is 0 Å². The summed E-state index contributed by atoms with van der Waals surface area (Å²) in [5.74, 6) is 0. The third-order valence-electron chi connectivity index (χ3n) is 1.71. The molecule has 5 nitrogen and oxygen atoms in total. The molecule has 0 aliphatic carbocycles. The van der Waals surface area contributed by atoms with Crippen molar-refractivity contribution in [2.75, 3.05) is 6.54 Å². The van der Waals surface area contributed by atoms with Gasteiger partial charge in [-0.1, -0.05) is 13.3 Å². The van der Waals surface area contributed by atoms with E-state index in [0.717, 1.165) is 6.42 Å². The van der Waals surface area contributed by atoms with Gasteiger partial charge in [0.25, 0.3) is 10.1 Å². The van der Waals surface area contributed by atoms with E-state index in [1.165, 1.54) is 6.92 Å². The average Bonchev–Trinajstić information content (AvgIpc) is 1.99. The molecule has 0 aliphatic heterocycles. The Bertz CT molecular complexity index is 227. The first-order valence-electron chi connectivity index (χ1n) is 4.25. The molecule has 80 valence electrons. The van der Waals surface area contributed by atoms with Gasteiger partial charge in [0.2, 0.25) is 0 Å². The first-order chi connectivity index (χ1) is 5.88. The molecular weight excluding hydrogens is 194 g/mol.